The van der Waals surface area contributed by atoms with Crippen molar-refractivity contribution in [3.63, 3.8) is 0 Å². The molecule has 0 spiro atoms. The Labute approximate surface area is 145 Å². The lowest BCUT2D eigenvalue weighted by molar-refractivity contribution is 0.0270. The molecule has 0 fully saturated rings. The molecule has 132 valence electrons. The van der Waals surface area contributed by atoms with E-state index in [4.69, 9.17) is 4.74 Å². The third kappa shape index (κ3) is 4.01. The highest BCUT2D eigenvalue weighted by Gasteiger charge is 2.24. The largest absolute Gasteiger partial charge is 0.444 e. The Morgan fingerprint density at radius 2 is 2.16 bits per heavy atom. The molecule has 2 aromatic rings. The summed E-state index contributed by atoms with van der Waals surface area (Å²) in [5, 5.41) is 8.07. The number of rotatable bonds is 2. The average molecular weight is 345 g/mol. The summed E-state index contributed by atoms with van der Waals surface area (Å²) in [6.45, 7) is 6.50. The molecule has 0 saturated carbocycles. The fraction of sp³-hybridized carbons (Fsp3) is 0.412. The van der Waals surface area contributed by atoms with Crippen LogP contribution in [-0.2, 0) is 4.74 Å². The Kier molecular flexibility index (Phi) is 4.52. The average Bonchev–Trinajstić information content (AvgIpc) is 3.03. The van der Waals surface area contributed by atoms with Crippen LogP contribution in [0.25, 0.3) is 11.3 Å². The summed E-state index contributed by atoms with van der Waals surface area (Å²) in [5.41, 5.74) is 1.35. The molecule has 0 aliphatic carbocycles. The van der Waals surface area contributed by atoms with Crippen LogP contribution in [0.1, 0.15) is 32.9 Å². The maximum atomic E-state index is 13.7. The maximum Gasteiger partial charge on any atom is 0.410 e. The number of carbonyl (C=O) groups excluding carboxylic acids is 1. The molecule has 7 nitrogen and oxygen atoms in total. The van der Waals surface area contributed by atoms with E-state index < -0.39 is 11.5 Å². The number of hydrogen-bond acceptors (Lipinski definition) is 5. The van der Waals surface area contributed by atoms with Crippen LogP contribution in [0.15, 0.2) is 30.6 Å². The van der Waals surface area contributed by atoms with E-state index in [0.29, 0.717) is 25.2 Å². The van der Waals surface area contributed by atoms with Crippen LogP contribution in [0, 0.1) is 5.95 Å². The third-order valence-electron chi connectivity index (χ3n) is 3.67. The van der Waals surface area contributed by atoms with Gasteiger partial charge in [-0.25, -0.2) is 14.5 Å². The lowest BCUT2D eigenvalue weighted by Crippen LogP contribution is -2.39. The van der Waals surface area contributed by atoms with Gasteiger partial charge in [-0.3, -0.25) is 0 Å². The molecule has 25 heavy (non-hydrogen) atoms. The molecular weight excluding hydrogens is 325 g/mol. The van der Waals surface area contributed by atoms with Crippen molar-refractivity contribution >= 4 is 11.7 Å². The standard InChI is InChI=1S/C17H20FN5O2/c1-17(2,3)25-16(24)22-9-6-12(7-10-22)13-11-23(21-20-13)14-5-4-8-19-15(14)18/h4-6,8,11H,7,9-10H2,1-3H3. The smallest absolute Gasteiger partial charge is 0.410 e. The zero-order valence-electron chi connectivity index (χ0n) is 14.4. The fourth-order valence-electron chi connectivity index (χ4n) is 2.47. The minimum absolute atomic E-state index is 0.244. The molecule has 3 heterocycles. The zero-order valence-corrected chi connectivity index (χ0v) is 14.4. The Hall–Kier alpha value is -2.77. The summed E-state index contributed by atoms with van der Waals surface area (Å²) in [4.78, 5) is 17.3. The minimum Gasteiger partial charge on any atom is -0.444 e. The molecule has 0 N–H and O–H groups in total. The molecule has 0 unspecified atom stereocenters. The van der Waals surface area contributed by atoms with E-state index in [1.165, 1.54) is 10.9 Å². The summed E-state index contributed by atoms with van der Waals surface area (Å²) >= 11 is 0. The first-order valence-electron chi connectivity index (χ1n) is 8.04. The van der Waals surface area contributed by atoms with Gasteiger partial charge in [-0.1, -0.05) is 11.3 Å². The van der Waals surface area contributed by atoms with Gasteiger partial charge in [0.05, 0.1) is 6.20 Å². The molecule has 1 amide bonds. The molecule has 0 atom stereocenters. The molecule has 0 radical (unpaired) electrons. The number of nitrogens with zero attached hydrogens (tertiary/aromatic N) is 5. The summed E-state index contributed by atoms with van der Waals surface area (Å²) < 4.78 is 20.5. The van der Waals surface area contributed by atoms with E-state index in [0.717, 1.165) is 5.57 Å². The summed E-state index contributed by atoms with van der Waals surface area (Å²) in [7, 11) is 0. The normalized spacial score (nSPS) is 15.0. The summed E-state index contributed by atoms with van der Waals surface area (Å²) in [6, 6.07) is 3.22. The number of ether oxygens (including phenoxy) is 1. The maximum absolute atomic E-state index is 13.7. The number of aromatic nitrogens is 4. The Bertz CT molecular complexity index is 809. The van der Waals surface area contributed by atoms with Gasteiger partial charge < -0.3 is 9.64 Å². The Balaban J connectivity index is 1.71. The SMILES string of the molecule is CC(C)(C)OC(=O)N1CC=C(c2cn(-c3cccnc3F)nn2)CC1. The Morgan fingerprint density at radius 1 is 1.36 bits per heavy atom. The van der Waals surface area contributed by atoms with Crippen molar-refractivity contribution in [2.75, 3.05) is 13.1 Å². The van der Waals surface area contributed by atoms with Crippen molar-refractivity contribution in [3.05, 3.63) is 42.2 Å². The first-order chi connectivity index (χ1) is 11.8. The van der Waals surface area contributed by atoms with Gasteiger partial charge in [0.2, 0.25) is 5.95 Å². The molecule has 1 aliphatic heterocycles. The predicted octanol–water partition coefficient (Wildman–Crippen LogP) is 2.83. The number of carbonyl (C=O) groups is 1. The van der Waals surface area contributed by atoms with E-state index >= 15 is 0 Å². The van der Waals surface area contributed by atoms with Crippen molar-refractivity contribution in [1.82, 2.24) is 24.9 Å². The Morgan fingerprint density at radius 3 is 2.80 bits per heavy atom. The monoisotopic (exact) mass is 345 g/mol. The molecule has 0 saturated heterocycles. The van der Waals surface area contributed by atoms with Crippen molar-refractivity contribution in [2.45, 2.75) is 32.8 Å². The second-order valence-corrected chi connectivity index (χ2v) is 6.77. The quantitative estimate of drug-likeness (QED) is 0.783. The van der Waals surface area contributed by atoms with Gasteiger partial charge in [0, 0.05) is 19.3 Å². The van der Waals surface area contributed by atoms with E-state index in [1.807, 2.05) is 26.8 Å². The lowest BCUT2D eigenvalue weighted by atomic mass is 10.1. The summed E-state index contributed by atoms with van der Waals surface area (Å²) in [6.07, 6.45) is 5.26. The van der Waals surface area contributed by atoms with Crippen LogP contribution < -0.4 is 0 Å². The van der Waals surface area contributed by atoms with Crippen LogP contribution in [0.2, 0.25) is 0 Å². The van der Waals surface area contributed by atoms with E-state index in [9.17, 15) is 9.18 Å². The lowest BCUT2D eigenvalue weighted by Gasteiger charge is -2.29. The van der Waals surface area contributed by atoms with Crippen molar-refractivity contribution in [1.29, 1.82) is 0 Å². The number of amides is 1. The van der Waals surface area contributed by atoms with Crippen LogP contribution in [0.5, 0.6) is 0 Å². The fourth-order valence-corrected chi connectivity index (χ4v) is 2.47. The van der Waals surface area contributed by atoms with Gasteiger partial charge in [0.15, 0.2) is 0 Å². The van der Waals surface area contributed by atoms with Gasteiger partial charge >= 0.3 is 6.09 Å². The molecular formula is C17H20FN5O2. The highest BCUT2D eigenvalue weighted by atomic mass is 19.1. The van der Waals surface area contributed by atoms with Gasteiger partial charge in [-0.15, -0.1) is 5.10 Å². The third-order valence-corrected chi connectivity index (χ3v) is 3.67. The molecule has 0 bridgehead atoms. The van der Waals surface area contributed by atoms with E-state index in [-0.39, 0.29) is 11.8 Å². The molecule has 3 rings (SSSR count). The van der Waals surface area contributed by atoms with Gasteiger partial charge in [-0.2, -0.15) is 4.39 Å². The summed E-state index contributed by atoms with van der Waals surface area (Å²) in [5.74, 6) is -0.604. The molecule has 1 aliphatic rings. The van der Waals surface area contributed by atoms with Crippen molar-refractivity contribution in [3.8, 4) is 5.69 Å². The van der Waals surface area contributed by atoms with Gasteiger partial charge in [-0.05, 0) is 44.9 Å². The highest BCUT2D eigenvalue weighted by molar-refractivity contribution is 5.71. The van der Waals surface area contributed by atoms with E-state index in [1.54, 1.807) is 23.2 Å². The van der Waals surface area contributed by atoms with Crippen molar-refractivity contribution in [2.24, 2.45) is 0 Å². The number of halogens is 1. The highest BCUT2D eigenvalue weighted by Crippen LogP contribution is 2.22. The predicted molar refractivity (Wildman–Crippen MR) is 89.5 cm³/mol. The first kappa shape index (κ1) is 17.1. The van der Waals surface area contributed by atoms with E-state index in [2.05, 4.69) is 15.3 Å². The number of pyridine rings is 1. The molecule has 8 heteroatoms. The first-order valence-corrected chi connectivity index (χ1v) is 8.04. The van der Waals surface area contributed by atoms with Gasteiger partial charge in [0.25, 0.3) is 0 Å². The van der Waals surface area contributed by atoms with Gasteiger partial charge in [0.1, 0.15) is 17.0 Å². The van der Waals surface area contributed by atoms with Crippen LogP contribution in [-0.4, -0.2) is 49.7 Å². The second-order valence-electron chi connectivity index (χ2n) is 6.77. The molecule has 0 aromatic carbocycles. The minimum atomic E-state index is -0.604. The topological polar surface area (TPSA) is 73.1 Å². The zero-order chi connectivity index (χ0) is 18.0. The molecule has 2 aromatic heterocycles. The van der Waals surface area contributed by atoms with Crippen LogP contribution in [0.3, 0.4) is 0 Å². The second kappa shape index (κ2) is 6.62. The van der Waals surface area contributed by atoms with Crippen molar-refractivity contribution < 1.29 is 13.9 Å². The van der Waals surface area contributed by atoms with Crippen LogP contribution >= 0.6 is 0 Å². The number of hydrogen-bond donors (Lipinski definition) is 0. The van der Waals surface area contributed by atoms with Crippen LogP contribution in [0.4, 0.5) is 9.18 Å².